The first kappa shape index (κ1) is 34.6. The first-order chi connectivity index (χ1) is 24.7. The fourth-order valence-electron chi connectivity index (χ4n) is 6.69. The van der Waals surface area contributed by atoms with E-state index in [1.165, 1.54) is 17.6 Å². The normalized spacial score (nSPS) is 16.2. The fourth-order valence-corrected chi connectivity index (χ4v) is 7.35. The molecule has 5 aromatic rings. The van der Waals surface area contributed by atoms with Crippen molar-refractivity contribution >= 4 is 40.7 Å². The van der Waals surface area contributed by atoms with Crippen LogP contribution in [-0.4, -0.2) is 71.0 Å². The zero-order chi connectivity index (χ0) is 35.6. The van der Waals surface area contributed by atoms with Crippen molar-refractivity contribution in [1.29, 1.82) is 0 Å². The molecule has 2 N–H and O–H groups in total. The second kappa shape index (κ2) is 14.8. The molecule has 0 unspecified atom stereocenters. The van der Waals surface area contributed by atoms with E-state index in [1.54, 1.807) is 13.3 Å². The number of amides is 1. The maximum absolute atomic E-state index is 13.0. The lowest BCUT2D eigenvalue weighted by Gasteiger charge is -2.36. The number of hydrogen-bond donors (Lipinski definition) is 2. The Morgan fingerprint density at radius 3 is 2.37 bits per heavy atom. The van der Waals surface area contributed by atoms with E-state index in [4.69, 9.17) is 42.6 Å². The van der Waals surface area contributed by atoms with Gasteiger partial charge >= 0.3 is 5.97 Å². The maximum Gasteiger partial charge on any atom is 0.311 e. The van der Waals surface area contributed by atoms with Gasteiger partial charge < -0.3 is 20.1 Å². The summed E-state index contributed by atoms with van der Waals surface area (Å²) in [6.45, 7) is 2.79. The van der Waals surface area contributed by atoms with E-state index in [-0.39, 0.29) is 29.4 Å². The van der Waals surface area contributed by atoms with E-state index in [0.29, 0.717) is 72.1 Å². The van der Waals surface area contributed by atoms with Crippen LogP contribution in [0.5, 0.6) is 5.88 Å². The van der Waals surface area contributed by atoms with Gasteiger partial charge in [-0.3, -0.25) is 23.7 Å². The summed E-state index contributed by atoms with van der Waals surface area (Å²) in [6.07, 6.45) is 3.08. The average Bonchev–Trinajstić information content (AvgIpc) is 3.54. The van der Waals surface area contributed by atoms with Gasteiger partial charge in [0.05, 0.1) is 41.6 Å². The monoisotopic (exact) mass is 726 g/mol. The molecule has 7 rings (SSSR count). The summed E-state index contributed by atoms with van der Waals surface area (Å²) < 4.78 is 12.0. The minimum atomic E-state index is -0.224. The zero-order valence-corrected chi connectivity index (χ0v) is 29.6. The predicted octanol–water partition coefficient (Wildman–Crippen LogP) is 5.38. The number of fused-ring (bicyclic) bond motifs is 1. The molecule has 5 heterocycles. The quantitative estimate of drug-likeness (QED) is 0.173. The highest BCUT2D eigenvalue weighted by Crippen LogP contribution is 2.42. The average molecular weight is 728 g/mol. The Hall–Kier alpha value is -4.81. The predicted molar refractivity (Wildman–Crippen MR) is 196 cm³/mol. The molecule has 2 aliphatic heterocycles. The van der Waals surface area contributed by atoms with Crippen LogP contribution in [0.2, 0.25) is 10.0 Å². The standard InChI is InChI=1S/C38H36Cl2N6O5/c1-50-37-23(17-41-18-25-10-12-33(47)43-25)9-11-31(44-37)30-8-4-7-29(36(30)40)28-6-3-5-27(35(28)39)22-13-14-46-32(15-22)42-26(16-34(46)48)21-45-19-24(20-45)38(49)51-2/h3-9,11,13-16,24-25,41H,10,12,17-21H2,1-2H3,(H,43,47)/t25-/m1/s1. The van der Waals surface area contributed by atoms with Crippen LogP contribution in [0.25, 0.3) is 39.2 Å². The minimum Gasteiger partial charge on any atom is -0.481 e. The van der Waals surface area contributed by atoms with Crippen LogP contribution < -0.4 is 20.9 Å². The number of carbonyl (C=O) groups is 2. The van der Waals surface area contributed by atoms with Crippen molar-refractivity contribution in [1.82, 2.24) is 29.9 Å². The molecule has 0 radical (unpaired) electrons. The van der Waals surface area contributed by atoms with Crippen molar-refractivity contribution in [2.24, 2.45) is 5.92 Å². The van der Waals surface area contributed by atoms with Crippen molar-refractivity contribution in [2.45, 2.75) is 32.0 Å². The first-order valence-electron chi connectivity index (χ1n) is 16.7. The molecule has 0 aliphatic carbocycles. The van der Waals surface area contributed by atoms with Gasteiger partial charge in [0.15, 0.2) is 0 Å². The molecule has 3 aromatic heterocycles. The van der Waals surface area contributed by atoms with Gasteiger partial charge in [0.1, 0.15) is 5.65 Å². The molecule has 2 fully saturated rings. The highest BCUT2D eigenvalue weighted by atomic mass is 35.5. The lowest BCUT2D eigenvalue weighted by Crippen LogP contribution is -2.50. The van der Waals surface area contributed by atoms with Gasteiger partial charge in [-0.15, -0.1) is 0 Å². The Balaban J connectivity index is 1.13. The van der Waals surface area contributed by atoms with E-state index >= 15 is 0 Å². The zero-order valence-electron chi connectivity index (χ0n) is 28.1. The van der Waals surface area contributed by atoms with Crippen molar-refractivity contribution in [3.63, 3.8) is 0 Å². The van der Waals surface area contributed by atoms with E-state index < -0.39 is 0 Å². The van der Waals surface area contributed by atoms with Gasteiger partial charge in [0.2, 0.25) is 11.8 Å². The van der Waals surface area contributed by atoms with Crippen molar-refractivity contribution < 1.29 is 19.1 Å². The van der Waals surface area contributed by atoms with Gasteiger partial charge in [-0.1, -0.05) is 65.7 Å². The number of ether oxygens (including phenoxy) is 2. The molecular formula is C38H36Cl2N6O5. The number of methoxy groups -OCH3 is 2. The highest BCUT2D eigenvalue weighted by Gasteiger charge is 2.33. The minimum absolute atomic E-state index is 0.0900. The van der Waals surface area contributed by atoms with Crippen LogP contribution in [0.4, 0.5) is 0 Å². The van der Waals surface area contributed by atoms with Crippen molar-refractivity contribution in [3.8, 4) is 39.4 Å². The number of halogens is 2. The van der Waals surface area contributed by atoms with Crippen LogP contribution in [0.15, 0.2) is 77.7 Å². The molecule has 51 heavy (non-hydrogen) atoms. The largest absolute Gasteiger partial charge is 0.481 e. The molecule has 0 bridgehead atoms. The number of rotatable bonds is 11. The fraction of sp³-hybridized carbons (Fsp3) is 0.289. The number of hydrogen-bond acceptors (Lipinski definition) is 9. The lowest BCUT2D eigenvalue weighted by molar-refractivity contribution is -0.151. The lowest BCUT2D eigenvalue weighted by atomic mass is 9.97. The SMILES string of the molecule is COC(=O)C1CN(Cc2cc(=O)n3ccc(-c4cccc(-c5cccc(-c6ccc(CNC[C@H]7CCC(=O)N7)c(OC)n6)c5Cl)c4Cl)cc3n2)C1. The third-order valence-corrected chi connectivity index (χ3v) is 10.2. The molecule has 262 valence electrons. The molecule has 0 spiro atoms. The summed E-state index contributed by atoms with van der Waals surface area (Å²) >= 11 is 14.2. The van der Waals surface area contributed by atoms with Crippen LogP contribution in [0.3, 0.4) is 0 Å². The molecule has 13 heteroatoms. The van der Waals surface area contributed by atoms with E-state index in [2.05, 4.69) is 15.5 Å². The molecule has 2 aliphatic rings. The number of nitrogens with one attached hydrogen (secondary N) is 2. The summed E-state index contributed by atoms with van der Waals surface area (Å²) in [5.74, 6) is 0.197. The molecule has 1 amide bonds. The highest BCUT2D eigenvalue weighted by molar-refractivity contribution is 6.39. The Labute approximate surface area is 304 Å². The Morgan fingerprint density at radius 1 is 0.941 bits per heavy atom. The van der Waals surface area contributed by atoms with Crippen molar-refractivity contribution in [3.05, 3.63) is 105 Å². The van der Waals surface area contributed by atoms with Gasteiger partial charge in [-0.05, 0) is 30.2 Å². The number of nitrogens with zero attached hydrogens (tertiary/aromatic N) is 4. The number of esters is 1. The van der Waals surface area contributed by atoms with E-state index in [9.17, 15) is 14.4 Å². The number of pyridine rings is 2. The van der Waals surface area contributed by atoms with Gasteiger partial charge in [-0.25, -0.2) is 9.97 Å². The molecule has 0 saturated carbocycles. The van der Waals surface area contributed by atoms with Gasteiger partial charge in [0.25, 0.3) is 5.56 Å². The summed E-state index contributed by atoms with van der Waals surface area (Å²) in [5.41, 5.74) is 6.22. The molecule has 2 aromatic carbocycles. The molecule has 11 nitrogen and oxygen atoms in total. The number of carbonyl (C=O) groups excluding carboxylic acids is 2. The first-order valence-corrected chi connectivity index (χ1v) is 17.4. The Kier molecular flexibility index (Phi) is 10.1. The number of aromatic nitrogens is 3. The number of benzene rings is 2. The topological polar surface area (TPSA) is 127 Å². The van der Waals surface area contributed by atoms with Crippen LogP contribution in [0, 0.1) is 5.92 Å². The second-order valence-electron chi connectivity index (χ2n) is 12.8. The molecule has 1 atom stereocenters. The van der Waals surface area contributed by atoms with Crippen LogP contribution in [0.1, 0.15) is 24.1 Å². The molecule has 2 saturated heterocycles. The summed E-state index contributed by atoms with van der Waals surface area (Å²) in [6, 6.07) is 20.7. The third-order valence-electron chi connectivity index (χ3n) is 9.40. The van der Waals surface area contributed by atoms with Gasteiger partial charge in [0, 0.05) is 85.3 Å². The van der Waals surface area contributed by atoms with E-state index in [1.807, 2.05) is 60.7 Å². The Morgan fingerprint density at radius 2 is 1.67 bits per heavy atom. The van der Waals surface area contributed by atoms with Crippen molar-refractivity contribution in [2.75, 3.05) is 33.9 Å². The second-order valence-corrected chi connectivity index (χ2v) is 13.5. The number of likely N-dealkylation sites (tertiary alicyclic amines) is 1. The smallest absolute Gasteiger partial charge is 0.311 e. The molecular weight excluding hydrogens is 691 g/mol. The Bertz CT molecular complexity index is 2200. The third kappa shape index (κ3) is 7.20. The summed E-state index contributed by atoms with van der Waals surface area (Å²) in [4.78, 5) is 47.9. The summed E-state index contributed by atoms with van der Waals surface area (Å²) in [5, 5.41) is 7.34. The van der Waals surface area contributed by atoms with Crippen LogP contribution in [-0.2, 0) is 27.4 Å². The van der Waals surface area contributed by atoms with Crippen LogP contribution >= 0.6 is 23.2 Å². The maximum atomic E-state index is 13.0. The summed E-state index contributed by atoms with van der Waals surface area (Å²) in [7, 11) is 2.98. The van der Waals surface area contributed by atoms with E-state index in [0.717, 1.165) is 39.8 Å². The van der Waals surface area contributed by atoms with Gasteiger partial charge in [-0.2, -0.15) is 0 Å².